The van der Waals surface area contributed by atoms with E-state index in [0.29, 0.717) is 10.6 Å². The average molecular weight is 351 g/mol. The summed E-state index contributed by atoms with van der Waals surface area (Å²) in [6.45, 7) is 2.00. The highest BCUT2D eigenvalue weighted by atomic mass is 32.2. The highest BCUT2D eigenvalue weighted by Gasteiger charge is 2.17. The van der Waals surface area contributed by atoms with Gasteiger partial charge in [0.2, 0.25) is 0 Å². The predicted octanol–water partition coefficient (Wildman–Crippen LogP) is 3.47. The molecule has 0 atom stereocenters. The van der Waals surface area contributed by atoms with Crippen molar-refractivity contribution in [2.24, 2.45) is 0 Å². The lowest BCUT2D eigenvalue weighted by Crippen LogP contribution is -2.14. The number of hydrogen-bond donors (Lipinski definition) is 2. The minimum absolute atomic E-state index is 0.115. The molecule has 0 amide bonds. The van der Waals surface area contributed by atoms with Crippen LogP contribution in [0.1, 0.15) is 22.8 Å². The molecule has 0 aromatic heterocycles. The van der Waals surface area contributed by atoms with Gasteiger partial charge in [0.25, 0.3) is 10.0 Å². The highest BCUT2D eigenvalue weighted by molar-refractivity contribution is 7.99. The summed E-state index contributed by atoms with van der Waals surface area (Å²) in [6, 6.07) is 11.0. The van der Waals surface area contributed by atoms with Crippen molar-refractivity contribution in [3.8, 4) is 0 Å². The first kappa shape index (κ1) is 17.4. The summed E-state index contributed by atoms with van der Waals surface area (Å²) in [4.78, 5) is 11.7. The molecule has 0 aliphatic rings. The van der Waals surface area contributed by atoms with Gasteiger partial charge in [-0.2, -0.15) is 0 Å². The number of aryl methyl sites for hydroxylation is 1. The maximum atomic E-state index is 12.5. The van der Waals surface area contributed by atoms with Crippen molar-refractivity contribution >= 4 is 33.4 Å². The van der Waals surface area contributed by atoms with Crippen LogP contribution in [0.4, 0.5) is 5.69 Å². The van der Waals surface area contributed by atoms with E-state index in [9.17, 15) is 13.2 Å². The van der Waals surface area contributed by atoms with Crippen molar-refractivity contribution in [3.05, 3.63) is 53.6 Å². The molecule has 0 aliphatic heterocycles. The van der Waals surface area contributed by atoms with E-state index in [-0.39, 0.29) is 10.5 Å². The number of hydrogen-bond acceptors (Lipinski definition) is 4. The summed E-state index contributed by atoms with van der Waals surface area (Å²) in [5.74, 6) is -1.05. The lowest BCUT2D eigenvalue weighted by molar-refractivity contribution is 0.0696. The fraction of sp³-hybridized carbons (Fsp3) is 0.188. The van der Waals surface area contributed by atoms with Gasteiger partial charge in [-0.3, -0.25) is 4.72 Å². The second-order valence-electron chi connectivity index (χ2n) is 4.82. The van der Waals surface area contributed by atoms with Crippen LogP contribution in [0.5, 0.6) is 0 Å². The largest absolute Gasteiger partial charge is 0.478 e. The van der Waals surface area contributed by atoms with Crippen LogP contribution >= 0.6 is 11.8 Å². The molecule has 2 N–H and O–H groups in total. The van der Waals surface area contributed by atoms with Gasteiger partial charge in [0.1, 0.15) is 0 Å². The number of carbonyl (C=O) groups is 1. The number of benzene rings is 2. The molecular formula is C16H17NO4S2. The number of carboxylic acids is 1. The van der Waals surface area contributed by atoms with Crippen molar-refractivity contribution in [1.82, 2.24) is 0 Å². The van der Waals surface area contributed by atoms with Gasteiger partial charge in [-0.25, -0.2) is 13.2 Å². The smallest absolute Gasteiger partial charge is 0.335 e. The Morgan fingerprint density at radius 3 is 2.35 bits per heavy atom. The molecule has 23 heavy (non-hydrogen) atoms. The van der Waals surface area contributed by atoms with Crippen LogP contribution in [-0.4, -0.2) is 25.7 Å². The summed E-state index contributed by atoms with van der Waals surface area (Å²) < 4.78 is 27.4. The molecule has 2 rings (SSSR count). The molecule has 2 aromatic carbocycles. The zero-order valence-electron chi connectivity index (χ0n) is 12.7. The van der Waals surface area contributed by atoms with Crippen molar-refractivity contribution in [3.63, 3.8) is 0 Å². The van der Waals surface area contributed by atoms with E-state index in [1.807, 2.05) is 6.92 Å². The third kappa shape index (κ3) is 4.05. The molecule has 0 unspecified atom stereocenters. The van der Waals surface area contributed by atoms with Gasteiger partial charge in [-0.05, 0) is 48.6 Å². The Bertz CT molecular complexity index is 814. The summed E-state index contributed by atoms with van der Waals surface area (Å²) >= 11 is 1.28. The van der Waals surface area contributed by atoms with E-state index in [1.54, 1.807) is 30.5 Å². The maximum absolute atomic E-state index is 12.5. The molecule has 7 heteroatoms. The van der Waals surface area contributed by atoms with Gasteiger partial charge in [-0.15, -0.1) is 11.8 Å². The molecule has 5 nitrogen and oxygen atoms in total. The summed E-state index contributed by atoms with van der Waals surface area (Å²) in [5, 5.41) is 9.01. The van der Waals surface area contributed by atoms with Gasteiger partial charge < -0.3 is 5.11 Å². The van der Waals surface area contributed by atoms with Gasteiger partial charge in [-0.1, -0.05) is 19.1 Å². The van der Waals surface area contributed by atoms with Crippen LogP contribution in [0, 0.1) is 0 Å². The fourth-order valence-corrected chi connectivity index (χ4v) is 3.74. The minimum atomic E-state index is -3.71. The van der Waals surface area contributed by atoms with E-state index in [4.69, 9.17) is 5.11 Å². The van der Waals surface area contributed by atoms with Crippen LogP contribution in [0.2, 0.25) is 0 Å². The van der Waals surface area contributed by atoms with Crippen molar-refractivity contribution in [1.29, 1.82) is 0 Å². The molecule has 0 spiro atoms. The van der Waals surface area contributed by atoms with Gasteiger partial charge >= 0.3 is 5.97 Å². The van der Waals surface area contributed by atoms with E-state index in [2.05, 4.69) is 4.72 Å². The Morgan fingerprint density at radius 1 is 1.17 bits per heavy atom. The highest BCUT2D eigenvalue weighted by Crippen LogP contribution is 2.28. The Labute approximate surface area is 139 Å². The van der Waals surface area contributed by atoms with E-state index < -0.39 is 16.0 Å². The third-order valence-corrected chi connectivity index (χ3v) is 5.49. The third-order valence-electron chi connectivity index (χ3n) is 3.33. The van der Waals surface area contributed by atoms with Gasteiger partial charge in [0.15, 0.2) is 0 Å². The number of anilines is 1. The normalized spacial score (nSPS) is 11.2. The molecule has 2 aromatic rings. The second kappa shape index (κ2) is 7.06. The Hall–Kier alpha value is -1.99. The molecule has 0 heterocycles. The molecule has 0 fully saturated rings. The van der Waals surface area contributed by atoms with E-state index in [0.717, 1.165) is 12.0 Å². The predicted molar refractivity (Wildman–Crippen MR) is 91.8 cm³/mol. The quantitative estimate of drug-likeness (QED) is 0.779. The molecule has 0 saturated carbocycles. The van der Waals surface area contributed by atoms with Crippen LogP contribution in [0.25, 0.3) is 0 Å². The molecule has 0 aliphatic carbocycles. The van der Waals surface area contributed by atoms with Crippen molar-refractivity contribution in [2.45, 2.75) is 23.1 Å². The zero-order chi connectivity index (χ0) is 17.0. The molecule has 122 valence electrons. The topological polar surface area (TPSA) is 83.5 Å². The van der Waals surface area contributed by atoms with Crippen LogP contribution < -0.4 is 4.72 Å². The number of sulfonamides is 1. The lowest BCUT2D eigenvalue weighted by atomic mass is 10.2. The van der Waals surface area contributed by atoms with Crippen LogP contribution in [0.3, 0.4) is 0 Å². The second-order valence-corrected chi connectivity index (χ2v) is 7.35. The lowest BCUT2D eigenvalue weighted by Gasteiger charge is -2.12. The SMILES string of the molecule is CCc1ccc(S(=O)(=O)Nc2ccc(C(=O)O)cc2SC)cc1. The molecule has 0 radical (unpaired) electrons. The number of thioether (sulfide) groups is 1. The Morgan fingerprint density at radius 2 is 1.83 bits per heavy atom. The summed E-state index contributed by atoms with van der Waals surface area (Å²) in [5.41, 5.74) is 1.53. The van der Waals surface area contributed by atoms with Crippen LogP contribution in [-0.2, 0) is 16.4 Å². The van der Waals surface area contributed by atoms with Crippen LogP contribution in [0.15, 0.2) is 52.3 Å². The first-order chi connectivity index (χ1) is 10.9. The first-order valence-corrected chi connectivity index (χ1v) is 9.61. The van der Waals surface area contributed by atoms with Crippen molar-refractivity contribution < 1.29 is 18.3 Å². The standard InChI is InChI=1S/C16H17NO4S2/c1-3-11-4-7-13(8-5-11)23(20,21)17-14-9-6-12(16(18)19)10-15(14)22-2/h4-10,17H,3H2,1-2H3,(H,18,19). The van der Waals surface area contributed by atoms with Crippen molar-refractivity contribution in [2.75, 3.05) is 11.0 Å². The number of aromatic carboxylic acids is 1. The fourth-order valence-electron chi connectivity index (χ4n) is 2.02. The summed E-state index contributed by atoms with van der Waals surface area (Å²) in [7, 11) is -3.71. The average Bonchev–Trinajstić information content (AvgIpc) is 2.54. The Balaban J connectivity index is 2.34. The maximum Gasteiger partial charge on any atom is 0.335 e. The van der Waals surface area contributed by atoms with Gasteiger partial charge in [0.05, 0.1) is 16.1 Å². The number of rotatable bonds is 6. The number of nitrogens with one attached hydrogen (secondary N) is 1. The minimum Gasteiger partial charge on any atom is -0.478 e. The zero-order valence-corrected chi connectivity index (χ0v) is 14.4. The van der Waals surface area contributed by atoms with Gasteiger partial charge in [0, 0.05) is 4.90 Å². The molecular weight excluding hydrogens is 334 g/mol. The molecule has 0 saturated heterocycles. The Kier molecular flexibility index (Phi) is 5.33. The monoisotopic (exact) mass is 351 g/mol. The molecule has 0 bridgehead atoms. The first-order valence-electron chi connectivity index (χ1n) is 6.90. The summed E-state index contributed by atoms with van der Waals surface area (Å²) in [6.07, 6.45) is 2.59. The number of carboxylic acid groups (broad SMARTS) is 1. The van der Waals surface area contributed by atoms with E-state index in [1.165, 1.54) is 30.0 Å². The van der Waals surface area contributed by atoms with E-state index >= 15 is 0 Å².